The van der Waals surface area contributed by atoms with Gasteiger partial charge in [-0.15, -0.1) is 0 Å². The smallest absolute Gasteiger partial charge is 0.348 e. The number of rotatable bonds is 19. The van der Waals surface area contributed by atoms with Crippen LogP contribution in [0, 0.1) is 5.92 Å². The van der Waals surface area contributed by atoms with Crippen molar-refractivity contribution >= 4 is 35.4 Å². The van der Waals surface area contributed by atoms with Gasteiger partial charge in [-0.1, -0.05) is 148 Å². The Morgan fingerprint density at radius 1 is 0.764 bits per heavy atom. The third-order valence-corrected chi connectivity index (χ3v) is 9.90. The molecule has 0 fully saturated rings. The highest BCUT2D eigenvalue weighted by atomic mass is 35.5. The van der Waals surface area contributed by atoms with Crippen LogP contribution < -0.4 is 15.4 Å². The minimum absolute atomic E-state index is 0.125. The number of amides is 2. The molecule has 0 aliphatic rings. The summed E-state index contributed by atoms with van der Waals surface area (Å²) in [5.41, 5.74) is 2.43. The number of benzene rings is 4. The molecule has 9 nitrogen and oxygen atoms in total. The van der Waals surface area contributed by atoms with Crippen molar-refractivity contribution in [2.24, 2.45) is 5.92 Å². The Labute approximate surface area is 329 Å². The van der Waals surface area contributed by atoms with Crippen molar-refractivity contribution in [3.05, 3.63) is 148 Å². The van der Waals surface area contributed by atoms with Crippen LogP contribution in [0.5, 0.6) is 5.75 Å². The van der Waals surface area contributed by atoms with E-state index in [1.165, 1.54) is 20.1 Å². The molecule has 0 bridgehead atoms. The zero-order chi connectivity index (χ0) is 39.8. The summed E-state index contributed by atoms with van der Waals surface area (Å²) in [4.78, 5) is 53.9. The highest BCUT2D eigenvalue weighted by Gasteiger charge is 2.38. The van der Waals surface area contributed by atoms with Gasteiger partial charge in [-0.2, -0.15) is 0 Å². The molecule has 4 aromatic carbocycles. The van der Waals surface area contributed by atoms with Gasteiger partial charge in [0.15, 0.2) is 6.10 Å². The minimum Gasteiger partial charge on any atom is -0.496 e. The number of aryl methyl sites for hydroxylation is 1. The van der Waals surface area contributed by atoms with Gasteiger partial charge in [0, 0.05) is 12.5 Å². The number of esters is 2. The van der Waals surface area contributed by atoms with Crippen molar-refractivity contribution < 1.29 is 33.4 Å². The number of nitrogens with one attached hydrogen (secondary N) is 2. The van der Waals surface area contributed by atoms with E-state index >= 15 is 0 Å². The van der Waals surface area contributed by atoms with Crippen molar-refractivity contribution in [3.63, 3.8) is 0 Å². The summed E-state index contributed by atoms with van der Waals surface area (Å²) >= 11 is 6.56. The molecule has 0 radical (unpaired) electrons. The van der Waals surface area contributed by atoms with Gasteiger partial charge in [-0.05, 0) is 60.6 Å². The van der Waals surface area contributed by atoms with Gasteiger partial charge in [0.05, 0.1) is 7.11 Å². The molecule has 0 aliphatic heterocycles. The Hall–Kier alpha value is -5.41. The maximum atomic E-state index is 13.8. The van der Waals surface area contributed by atoms with E-state index in [1.807, 2.05) is 110 Å². The second-order valence-electron chi connectivity index (χ2n) is 13.3. The Morgan fingerprint density at radius 3 is 1.84 bits per heavy atom. The van der Waals surface area contributed by atoms with Crippen molar-refractivity contribution in [2.75, 3.05) is 13.7 Å². The highest BCUT2D eigenvalue weighted by Crippen LogP contribution is 2.37. The van der Waals surface area contributed by atoms with Crippen molar-refractivity contribution in [1.29, 1.82) is 0 Å². The monoisotopic (exact) mass is 766 g/mol. The fourth-order valence-corrected chi connectivity index (χ4v) is 6.44. The molecule has 0 saturated heterocycles. The van der Waals surface area contributed by atoms with Gasteiger partial charge in [0.1, 0.15) is 21.9 Å². The quantitative estimate of drug-likeness (QED) is 0.0427. The van der Waals surface area contributed by atoms with E-state index in [-0.39, 0.29) is 17.1 Å². The summed E-state index contributed by atoms with van der Waals surface area (Å²) in [6.07, 6.45) is 2.94. The number of ether oxygens (including phenoxy) is 3. The molecule has 2 amide bonds. The maximum Gasteiger partial charge on any atom is 0.348 e. The number of carbonyl (C=O) groups excluding carboxylic acids is 4. The summed E-state index contributed by atoms with van der Waals surface area (Å²) in [5.74, 6) is -2.78. The number of methoxy groups -OCH3 is 1. The fourth-order valence-electron chi connectivity index (χ4n) is 6.32. The van der Waals surface area contributed by atoms with Gasteiger partial charge in [0.2, 0.25) is 6.10 Å². The third kappa shape index (κ3) is 10.9. The standard InChI is InChI=1S/C45H51ClN2O7/c1-6-8-12-20-33-21-19-28-38(53-5)39(33)43(51)55-40(31(3)7-2)44(52)54-32(4)41(49)47-30-29-37(46)42(50)48-45(34-22-13-9-14-23-34,35-24-15-10-16-25-35)36-26-17-11-18-27-36/h9-11,13-19,21-29,31-32,40H,6-8,12,20,30H2,1-5H3,(H,47,49)(H,48,50)/b37-29-/t31-,32-,40+/m0/s1. The van der Waals surface area contributed by atoms with E-state index in [9.17, 15) is 19.2 Å². The number of unbranched alkanes of at least 4 members (excludes halogenated alkanes) is 2. The SMILES string of the molecule is CCCCCc1cccc(OC)c1C(=O)O[C@@H](C(=O)O[C@@H](C)C(=O)NC/C=C(\Cl)C(=O)NC(c1ccccc1)(c1ccccc1)c1ccccc1)[C@@H](C)CC. The molecule has 2 N–H and O–H groups in total. The Bertz CT molecular complexity index is 1800. The second kappa shape index (κ2) is 20.9. The number of hydrogen-bond donors (Lipinski definition) is 2. The summed E-state index contributed by atoms with van der Waals surface area (Å²) in [7, 11) is 1.48. The van der Waals surface area contributed by atoms with Crippen LogP contribution in [0.3, 0.4) is 0 Å². The van der Waals surface area contributed by atoms with Gasteiger partial charge >= 0.3 is 11.9 Å². The number of hydrogen-bond acceptors (Lipinski definition) is 7. The number of carbonyl (C=O) groups is 4. The molecule has 0 spiro atoms. The lowest BCUT2D eigenvalue weighted by atomic mass is 9.77. The molecular weight excluding hydrogens is 716 g/mol. The molecule has 0 aromatic heterocycles. The predicted molar refractivity (Wildman–Crippen MR) is 215 cm³/mol. The molecule has 0 saturated carbocycles. The zero-order valence-corrected chi connectivity index (χ0v) is 32.9. The van der Waals surface area contributed by atoms with E-state index < -0.39 is 47.4 Å². The van der Waals surface area contributed by atoms with E-state index in [0.29, 0.717) is 18.6 Å². The largest absolute Gasteiger partial charge is 0.496 e. The van der Waals surface area contributed by atoms with Crippen molar-refractivity contribution in [1.82, 2.24) is 10.6 Å². The average molecular weight is 767 g/mol. The van der Waals surface area contributed by atoms with Crippen LogP contribution in [-0.2, 0) is 35.8 Å². The van der Waals surface area contributed by atoms with Crippen LogP contribution in [0.1, 0.15) is 86.0 Å². The Morgan fingerprint density at radius 2 is 1.33 bits per heavy atom. The Kier molecular flexibility index (Phi) is 16.1. The van der Waals surface area contributed by atoms with Gasteiger partial charge in [-0.25, -0.2) is 9.59 Å². The van der Waals surface area contributed by atoms with E-state index in [4.69, 9.17) is 25.8 Å². The van der Waals surface area contributed by atoms with Crippen LogP contribution in [0.25, 0.3) is 0 Å². The van der Waals surface area contributed by atoms with Crippen LogP contribution in [0.4, 0.5) is 0 Å². The van der Waals surface area contributed by atoms with Crippen LogP contribution in [0.15, 0.2) is 120 Å². The maximum absolute atomic E-state index is 13.8. The molecule has 0 heterocycles. The molecule has 3 atom stereocenters. The molecular formula is C45H51ClN2O7. The molecule has 4 rings (SSSR count). The molecule has 0 aliphatic carbocycles. The van der Waals surface area contributed by atoms with Crippen LogP contribution in [-0.4, -0.2) is 49.6 Å². The van der Waals surface area contributed by atoms with Crippen molar-refractivity contribution in [3.8, 4) is 5.75 Å². The third-order valence-electron chi connectivity index (χ3n) is 9.57. The first-order valence-electron chi connectivity index (χ1n) is 18.8. The van der Waals surface area contributed by atoms with Gasteiger partial charge < -0.3 is 24.8 Å². The first-order chi connectivity index (χ1) is 26.6. The summed E-state index contributed by atoms with van der Waals surface area (Å²) in [5, 5.41) is 5.67. The Balaban J connectivity index is 1.45. The normalized spacial score (nSPS) is 13.2. The molecule has 10 heteroatoms. The summed E-state index contributed by atoms with van der Waals surface area (Å²) in [6, 6.07) is 34.2. The van der Waals surface area contributed by atoms with Crippen LogP contribution >= 0.6 is 11.6 Å². The lowest BCUT2D eigenvalue weighted by molar-refractivity contribution is -0.165. The summed E-state index contributed by atoms with van der Waals surface area (Å²) in [6.45, 7) is 7.03. The first-order valence-corrected chi connectivity index (χ1v) is 19.1. The van der Waals surface area contributed by atoms with Crippen molar-refractivity contribution in [2.45, 2.75) is 77.5 Å². The lowest BCUT2D eigenvalue weighted by Gasteiger charge is -2.36. The van der Waals surface area contributed by atoms with E-state index in [1.54, 1.807) is 13.0 Å². The van der Waals surface area contributed by atoms with E-state index in [0.717, 1.165) is 41.5 Å². The average Bonchev–Trinajstić information content (AvgIpc) is 3.22. The van der Waals surface area contributed by atoms with Gasteiger partial charge in [-0.3, -0.25) is 9.59 Å². The highest BCUT2D eigenvalue weighted by molar-refractivity contribution is 6.42. The fraction of sp³-hybridized carbons (Fsp3) is 0.333. The van der Waals surface area contributed by atoms with E-state index in [2.05, 4.69) is 17.6 Å². The molecule has 0 unspecified atom stereocenters. The summed E-state index contributed by atoms with van der Waals surface area (Å²) < 4.78 is 16.8. The minimum atomic E-state index is -1.27. The molecule has 55 heavy (non-hydrogen) atoms. The molecule has 4 aromatic rings. The predicted octanol–water partition coefficient (Wildman–Crippen LogP) is 8.28. The lowest BCUT2D eigenvalue weighted by Crippen LogP contribution is -2.48. The topological polar surface area (TPSA) is 120 Å². The second-order valence-corrected chi connectivity index (χ2v) is 13.7. The zero-order valence-electron chi connectivity index (χ0n) is 32.2. The van der Waals surface area contributed by atoms with Crippen LogP contribution in [0.2, 0.25) is 0 Å². The van der Waals surface area contributed by atoms with Gasteiger partial charge in [0.25, 0.3) is 11.8 Å². The molecule has 290 valence electrons. The first kappa shape index (κ1) is 42.3. The number of halogens is 1.